The zero-order valence-electron chi connectivity index (χ0n) is 17.5. The Morgan fingerprint density at radius 2 is 1.81 bits per heavy atom. The van der Waals surface area contributed by atoms with Crippen LogP contribution < -0.4 is 16.2 Å². The number of aromatic nitrogens is 2. The van der Waals surface area contributed by atoms with Crippen LogP contribution in [0.3, 0.4) is 0 Å². The number of H-pyrrole nitrogens is 1. The smallest absolute Gasteiger partial charge is 0.322 e. The molecule has 2 aromatic carbocycles. The molecule has 0 saturated carbocycles. The maximum atomic E-state index is 13.2. The van der Waals surface area contributed by atoms with Gasteiger partial charge in [0.05, 0.1) is 23.0 Å². The summed E-state index contributed by atoms with van der Waals surface area (Å²) in [6.45, 7) is 1.76. The number of benzene rings is 2. The number of urea groups is 1. The van der Waals surface area contributed by atoms with Gasteiger partial charge in [-0.25, -0.2) is 9.78 Å². The van der Waals surface area contributed by atoms with Gasteiger partial charge in [-0.05, 0) is 31.2 Å². The number of fused-ring (bicyclic) bond motifs is 1. The van der Waals surface area contributed by atoms with Gasteiger partial charge in [0.25, 0.3) is 17.4 Å². The normalized spacial score (nSPS) is 17.8. The Kier molecular flexibility index (Phi) is 5.70. The number of hydrogen-bond acceptors (Lipinski definition) is 6. The summed E-state index contributed by atoms with van der Waals surface area (Å²) in [5.41, 5.74) is -0.296. The van der Waals surface area contributed by atoms with E-state index in [2.05, 4.69) is 20.6 Å². The fourth-order valence-electron chi connectivity index (χ4n) is 3.38. The first kappa shape index (κ1) is 21.6. The van der Waals surface area contributed by atoms with Crippen LogP contribution in [0, 0.1) is 0 Å². The number of imide groups is 1. The van der Waals surface area contributed by atoms with Crippen LogP contribution >= 0.6 is 11.8 Å². The predicted molar refractivity (Wildman–Crippen MR) is 120 cm³/mol. The number of nitrogens with zero attached hydrogens (tertiary/aromatic N) is 2. The minimum atomic E-state index is -1.06. The molecule has 9 nitrogen and oxygen atoms in total. The van der Waals surface area contributed by atoms with Crippen molar-refractivity contribution in [2.75, 3.05) is 12.8 Å². The van der Waals surface area contributed by atoms with Crippen molar-refractivity contribution >= 4 is 40.5 Å². The SMILES string of the molecule is CN(Cc1nc2ccccc2c(=O)[nH]1)C(=O)c1ccccc1SCC1(C)NC(=O)NC1=O. The largest absolute Gasteiger partial charge is 0.334 e. The summed E-state index contributed by atoms with van der Waals surface area (Å²) in [6.07, 6.45) is 0. The fraction of sp³-hybridized carbons (Fsp3) is 0.227. The molecule has 0 spiro atoms. The van der Waals surface area contributed by atoms with Crippen LogP contribution in [0.15, 0.2) is 58.2 Å². The molecule has 0 bridgehead atoms. The fourth-order valence-corrected chi connectivity index (χ4v) is 4.52. The molecular weight excluding hydrogens is 430 g/mol. The number of carbonyl (C=O) groups excluding carboxylic acids is 3. The van der Waals surface area contributed by atoms with E-state index in [9.17, 15) is 19.2 Å². The van der Waals surface area contributed by atoms with Gasteiger partial charge in [-0.15, -0.1) is 11.8 Å². The summed E-state index contributed by atoms with van der Waals surface area (Å²) in [7, 11) is 1.63. The Morgan fingerprint density at radius 3 is 2.56 bits per heavy atom. The molecule has 3 aromatic rings. The van der Waals surface area contributed by atoms with Crippen molar-refractivity contribution in [2.24, 2.45) is 0 Å². The van der Waals surface area contributed by atoms with Crippen molar-refractivity contribution in [1.82, 2.24) is 25.5 Å². The van der Waals surface area contributed by atoms with Gasteiger partial charge in [0.2, 0.25) is 0 Å². The zero-order valence-corrected chi connectivity index (χ0v) is 18.3. The first-order chi connectivity index (χ1) is 15.3. The second-order valence-corrected chi connectivity index (χ2v) is 8.73. The molecule has 1 aliphatic rings. The maximum Gasteiger partial charge on any atom is 0.322 e. The summed E-state index contributed by atoms with van der Waals surface area (Å²) < 4.78 is 0. The molecule has 10 heteroatoms. The number of para-hydroxylation sites is 1. The van der Waals surface area contributed by atoms with Crippen molar-refractivity contribution in [3.8, 4) is 0 Å². The van der Waals surface area contributed by atoms with Gasteiger partial charge in [-0.2, -0.15) is 0 Å². The Bertz CT molecular complexity index is 1290. The molecule has 1 aromatic heterocycles. The molecule has 1 aliphatic heterocycles. The van der Waals surface area contributed by atoms with Crippen LogP contribution in [0.1, 0.15) is 23.1 Å². The van der Waals surface area contributed by atoms with E-state index in [0.717, 1.165) is 0 Å². The molecule has 1 atom stereocenters. The third-order valence-electron chi connectivity index (χ3n) is 5.15. The average Bonchev–Trinajstić information content (AvgIpc) is 3.03. The molecule has 3 N–H and O–H groups in total. The van der Waals surface area contributed by atoms with Crippen molar-refractivity contribution in [2.45, 2.75) is 23.9 Å². The van der Waals surface area contributed by atoms with E-state index in [1.807, 2.05) is 0 Å². The quantitative estimate of drug-likeness (QED) is 0.388. The number of aromatic amines is 1. The number of hydrogen-bond donors (Lipinski definition) is 3. The third kappa shape index (κ3) is 4.22. The molecule has 4 amide bonds. The number of nitrogens with one attached hydrogen (secondary N) is 3. The topological polar surface area (TPSA) is 124 Å². The van der Waals surface area contributed by atoms with Gasteiger partial charge in [0.1, 0.15) is 11.4 Å². The third-order valence-corrected chi connectivity index (χ3v) is 6.54. The minimum Gasteiger partial charge on any atom is -0.334 e. The first-order valence-corrected chi connectivity index (χ1v) is 10.8. The Hall–Kier alpha value is -3.66. The summed E-state index contributed by atoms with van der Waals surface area (Å²) in [5, 5.41) is 5.34. The van der Waals surface area contributed by atoms with Gasteiger partial charge >= 0.3 is 6.03 Å². The van der Waals surface area contributed by atoms with Crippen LogP contribution in [-0.2, 0) is 11.3 Å². The lowest BCUT2D eigenvalue weighted by molar-refractivity contribution is -0.122. The van der Waals surface area contributed by atoms with E-state index in [4.69, 9.17) is 0 Å². The van der Waals surface area contributed by atoms with Crippen molar-refractivity contribution in [3.63, 3.8) is 0 Å². The number of thioether (sulfide) groups is 1. The lowest BCUT2D eigenvalue weighted by atomic mass is 10.1. The summed E-state index contributed by atoms with van der Waals surface area (Å²) >= 11 is 1.31. The molecule has 32 heavy (non-hydrogen) atoms. The lowest BCUT2D eigenvalue weighted by Crippen LogP contribution is -2.46. The molecule has 1 unspecified atom stereocenters. The van der Waals surface area contributed by atoms with Crippen LogP contribution in [0.5, 0.6) is 0 Å². The molecule has 1 fully saturated rings. The maximum absolute atomic E-state index is 13.2. The monoisotopic (exact) mass is 451 g/mol. The van der Waals surface area contributed by atoms with Gasteiger partial charge in [-0.1, -0.05) is 24.3 Å². The number of amides is 4. The van der Waals surface area contributed by atoms with Crippen LogP contribution in [0.25, 0.3) is 10.9 Å². The highest BCUT2D eigenvalue weighted by atomic mass is 32.2. The van der Waals surface area contributed by atoms with Crippen molar-refractivity contribution in [1.29, 1.82) is 0 Å². The van der Waals surface area contributed by atoms with Crippen LogP contribution in [0.2, 0.25) is 0 Å². The minimum absolute atomic E-state index is 0.119. The molecule has 1 saturated heterocycles. The molecular formula is C22H21N5O4S. The van der Waals surface area contributed by atoms with E-state index in [0.29, 0.717) is 27.2 Å². The van der Waals surface area contributed by atoms with Gasteiger partial charge < -0.3 is 15.2 Å². The Balaban J connectivity index is 1.52. The highest BCUT2D eigenvalue weighted by Gasteiger charge is 2.42. The van der Waals surface area contributed by atoms with Crippen LogP contribution in [0.4, 0.5) is 4.79 Å². The van der Waals surface area contributed by atoms with E-state index in [-0.39, 0.29) is 23.8 Å². The average molecular weight is 452 g/mol. The first-order valence-electron chi connectivity index (χ1n) is 9.86. The van der Waals surface area contributed by atoms with Gasteiger partial charge in [0.15, 0.2) is 0 Å². The molecule has 0 aliphatic carbocycles. The van der Waals surface area contributed by atoms with E-state index < -0.39 is 17.5 Å². The highest BCUT2D eigenvalue weighted by molar-refractivity contribution is 7.99. The van der Waals surface area contributed by atoms with Gasteiger partial charge in [0, 0.05) is 17.7 Å². The number of rotatable bonds is 6. The van der Waals surface area contributed by atoms with E-state index in [1.54, 1.807) is 62.5 Å². The predicted octanol–water partition coefficient (Wildman–Crippen LogP) is 1.89. The second kappa shape index (κ2) is 8.46. The van der Waals surface area contributed by atoms with E-state index >= 15 is 0 Å². The summed E-state index contributed by atoms with van der Waals surface area (Å²) in [5.74, 6) is -0.0123. The number of carbonyl (C=O) groups is 3. The zero-order chi connectivity index (χ0) is 22.9. The molecule has 0 radical (unpaired) electrons. The standard InChI is InChI=1S/C22H21N5O4S/c1-22(20(30)25-21(31)26-22)12-32-16-10-6-4-8-14(16)19(29)27(2)11-17-23-15-9-5-3-7-13(15)18(28)24-17/h3-10H,11-12H2,1-2H3,(H,23,24,28)(H2,25,26,30,31). The van der Waals surface area contributed by atoms with Crippen molar-refractivity contribution < 1.29 is 14.4 Å². The van der Waals surface area contributed by atoms with E-state index in [1.165, 1.54) is 16.7 Å². The Morgan fingerprint density at radius 1 is 1.09 bits per heavy atom. The van der Waals surface area contributed by atoms with Crippen LogP contribution in [-0.4, -0.2) is 51.1 Å². The second-order valence-electron chi connectivity index (χ2n) is 7.72. The van der Waals surface area contributed by atoms with Gasteiger partial charge in [-0.3, -0.25) is 19.7 Å². The summed E-state index contributed by atoms with van der Waals surface area (Å²) in [6, 6.07) is 13.5. The lowest BCUT2D eigenvalue weighted by Gasteiger charge is -2.22. The Labute approximate surface area is 187 Å². The molecule has 2 heterocycles. The van der Waals surface area contributed by atoms with Crippen molar-refractivity contribution in [3.05, 3.63) is 70.3 Å². The molecule has 164 valence electrons. The molecule has 4 rings (SSSR count). The summed E-state index contributed by atoms with van der Waals surface area (Å²) in [4.78, 5) is 58.3. The highest BCUT2D eigenvalue weighted by Crippen LogP contribution is 2.28.